The first-order valence-electron chi connectivity index (χ1n) is 9.24. The Morgan fingerprint density at radius 3 is 2.50 bits per heavy atom. The van der Waals surface area contributed by atoms with Gasteiger partial charge in [-0.05, 0) is 23.6 Å². The second-order valence-corrected chi connectivity index (χ2v) is 9.67. The van der Waals surface area contributed by atoms with Gasteiger partial charge in [-0.1, -0.05) is 6.07 Å². The first kappa shape index (κ1) is 19.2. The van der Waals surface area contributed by atoms with Gasteiger partial charge in [-0.2, -0.15) is 4.31 Å². The Labute approximate surface area is 168 Å². The van der Waals surface area contributed by atoms with Crippen molar-refractivity contribution in [3.63, 3.8) is 0 Å². The molecule has 0 unspecified atom stereocenters. The van der Waals surface area contributed by atoms with Crippen molar-refractivity contribution in [2.75, 3.05) is 39.4 Å². The summed E-state index contributed by atoms with van der Waals surface area (Å²) in [5.74, 6) is 1.07. The van der Waals surface area contributed by atoms with Crippen LogP contribution in [0.2, 0.25) is 0 Å². The lowest BCUT2D eigenvalue weighted by Crippen LogP contribution is -2.50. The monoisotopic (exact) mass is 422 g/mol. The van der Waals surface area contributed by atoms with Crippen LogP contribution in [-0.2, 0) is 21.2 Å². The maximum atomic E-state index is 13.0. The van der Waals surface area contributed by atoms with E-state index in [2.05, 4.69) is 0 Å². The molecule has 0 radical (unpaired) electrons. The number of nitrogens with zero attached hydrogens (tertiary/aromatic N) is 2. The largest absolute Gasteiger partial charge is 0.490 e. The lowest BCUT2D eigenvalue weighted by Gasteiger charge is -2.34. The number of fused-ring (bicyclic) bond motifs is 1. The number of carbonyl (C=O) groups excluding carboxylic acids is 1. The molecule has 28 heavy (non-hydrogen) atoms. The SMILES string of the molecule is O=C(Cc1cccs1)N1CCN(S(=O)(=O)c2ccc3c(c2)OCCCO3)CC1. The fourth-order valence-electron chi connectivity index (χ4n) is 3.31. The molecule has 0 aliphatic carbocycles. The molecule has 2 aromatic rings. The third-order valence-corrected chi connectivity index (χ3v) is 7.62. The van der Waals surface area contributed by atoms with Gasteiger partial charge in [-0.3, -0.25) is 4.79 Å². The second kappa shape index (κ2) is 8.10. The zero-order valence-electron chi connectivity index (χ0n) is 15.4. The van der Waals surface area contributed by atoms with E-state index in [1.807, 2.05) is 17.5 Å². The fourth-order valence-corrected chi connectivity index (χ4v) is 5.44. The maximum absolute atomic E-state index is 13.0. The summed E-state index contributed by atoms with van der Waals surface area (Å²) in [6.45, 7) is 2.42. The highest BCUT2D eigenvalue weighted by atomic mass is 32.2. The van der Waals surface area contributed by atoms with Crippen LogP contribution in [0.1, 0.15) is 11.3 Å². The number of piperazine rings is 1. The summed E-state index contributed by atoms with van der Waals surface area (Å²) in [5, 5.41) is 1.95. The second-order valence-electron chi connectivity index (χ2n) is 6.70. The van der Waals surface area contributed by atoms with E-state index in [9.17, 15) is 13.2 Å². The standard InChI is InChI=1S/C19H22N2O5S2/c22-19(13-15-3-1-12-27-15)20-6-8-21(9-7-20)28(23,24)16-4-5-17-18(14-16)26-11-2-10-25-17/h1,3-5,12,14H,2,6-11,13H2. The summed E-state index contributed by atoms with van der Waals surface area (Å²) in [7, 11) is -3.64. The third-order valence-electron chi connectivity index (χ3n) is 4.85. The van der Waals surface area contributed by atoms with Crippen molar-refractivity contribution in [3.05, 3.63) is 40.6 Å². The maximum Gasteiger partial charge on any atom is 0.243 e. The summed E-state index contributed by atoms with van der Waals surface area (Å²) in [4.78, 5) is 15.4. The summed E-state index contributed by atoms with van der Waals surface area (Å²) >= 11 is 1.55. The molecule has 9 heteroatoms. The number of amides is 1. The van der Waals surface area contributed by atoms with E-state index in [0.29, 0.717) is 44.2 Å². The van der Waals surface area contributed by atoms with Gasteiger partial charge in [0.05, 0.1) is 24.5 Å². The van der Waals surface area contributed by atoms with E-state index in [-0.39, 0.29) is 23.9 Å². The van der Waals surface area contributed by atoms with Gasteiger partial charge in [0.2, 0.25) is 15.9 Å². The number of sulfonamides is 1. The van der Waals surface area contributed by atoms with Gasteiger partial charge in [0.1, 0.15) is 0 Å². The molecule has 1 aromatic carbocycles. The molecule has 1 saturated heterocycles. The minimum absolute atomic E-state index is 0.0371. The molecule has 2 aliphatic heterocycles. The quantitative estimate of drug-likeness (QED) is 0.753. The van der Waals surface area contributed by atoms with Crippen LogP contribution in [0.5, 0.6) is 11.5 Å². The lowest BCUT2D eigenvalue weighted by molar-refractivity contribution is -0.131. The number of hydrogen-bond donors (Lipinski definition) is 0. The van der Waals surface area contributed by atoms with Gasteiger partial charge in [-0.15, -0.1) is 11.3 Å². The first-order valence-corrected chi connectivity index (χ1v) is 11.6. The minimum Gasteiger partial charge on any atom is -0.490 e. The van der Waals surface area contributed by atoms with E-state index in [1.54, 1.807) is 28.4 Å². The van der Waals surface area contributed by atoms with Crippen LogP contribution in [-0.4, -0.2) is 62.9 Å². The summed E-state index contributed by atoms with van der Waals surface area (Å²) in [6, 6.07) is 8.59. The topological polar surface area (TPSA) is 76.2 Å². The number of rotatable bonds is 4. The van der Waals surface area contributed by atoms with Crippen molar-refractivity contribution < 1.29 is 22.7 Å². The highest BCUT2D eigenvalue weighted by Gasteiger charge is 2.31. The van der Waals surface area contributed by atoms with Gasteiger partial charge in [0.25, 0.3) is 0 Å². The van der Waals surface area contributed by atoms with E-state index < -0.39 is 10.0 Å². The molecule has 1 amide bonds. The van der Waals surface area contributed by atoms with Crippen LogP contribution < -0.4 is 9.47 Å². The van der Waals surface area contributed by atoms with Gasteiger partial charge >= 0.3 is 0 Å². The Hall–Kier alpha value is -2.10. The van der Waals surface area contributed by atoms with Crippen LogP contribution in [0.4, 0.5) is 0 Å². The summed E-state index contributed by atoms with van der Waals surface area (Å²) in [5.41, 5.74) is 0. The Balaban J connectivity index is 1.42. The molecule has 1 fully saturated rings. The summed E-state index contributed by atoms with van der Waals surface area (Å²) in [6.07, 6.45) is 1.13. The zero-order valence-corrected chi connectivity index (χ0v) is 17.0. The number of benzene rings is 1. The van der Waals surface area contributed by atoms with Crippen molar-refractivity contribution in [1.82, 2.24) is 9.21 Å². The molecule has 2 aliphatic rings. The molecule has 0 bridgehead atoms. The van der Waals surface area contributed by atoms with E-state index in [4.69, 9.17) is 9.47 Å². The van der Waals surface area contributed by atoms with Crippen molar-refractivity contribution in [2.45, 2.75) is 17.7 Å². The Bertz CT molecular complexity index is 935. The van der Waals surface area contributed by atoms with Crippen molar-refractivity contribution in [2.24, 2.45) is 0 Å². The van der Waals surface area contributed by atoms with Crippen molar-refractivity contribution >= 4 is 27.3 Å². The van der Waals surface area contributed by atoms with Crippen LogP contribution in [0.25, 0.3) is 0 Å². The Morgan fingerprint density at radius 2 is 1.79 bits per heavy atom. The normalized spacial score (nSPS) is 17.9. The van der Waals surface area contributed by atoms with Crippen molar-refractivity contribution in [3.8, 4) is 11.5 Å². The number of carbonyl (C=O) groups is 1. The summed E-state index contributed by atoms with van der Waals surface area (Å²) < 4.78 is 38.6. The molecule has 0 saturated carbocycles. The van der Waals surface area contributed by atoms with Crippen LogP contribution >= 0.6 is 11.3 Å². The van der Waals surface area contributed by atoms with E-state index in [1.165, 1.54) is 10.4 Å². The minimum atomic E-state index is -3.64. The molecule has 0 N–H and O–H groups in total. The number of hydrogen-bond acceptors (Lipinski definition) is 6. The molecule has 1 aromatic heterocycles. The van der Waals surface area contributed by atoms with E-state index >= 15 is 0 Å². The van der Waals surface area contributed by atoms with Crippen LogP contribution in [0.15, 0.2) is 40.6 Å². The smallest absolute Gasteiger partial charge is 0.243 e. The Morgan fingerprint density at radius 1 is 1.04 bits per heavy atom. The first-order chi connectivity index (χ1) is 13.5. The molecular formula is C19H22N2O5S2. The number of ether oxygens (including phenoxy) is 2. The fraction of sp³-hybridized carbons (Fsp3) is 0.421. The van der Waals surface area contributed by atoms with E-state index in [0.717, 1.165) is 11.3 Å². The highest BCUT2D eigenvalue weighted by Crippen LogP contribution is 2.33. The average molecular weight is 423 g/mol. The number of thiophene rings is 1. The van der Waals surface area contributed by atoms with Crippen molar-refractivity contribution in [1.29, 1.82) is 0 Å². The molecule has 150 valence electrons. The lowest BCUT2D eigenvalue weighted by atomic mass is 10.3. The molecular weight excluding hydrogens is 400 g/mol. The molecule has 0 atom stereocenters. The predicted molar refractivity (Wildman–Crippen MR) is 105 cm³/mol. The van der Waals surface area contributed by atoms with Gasteiger partial charge in [-0.25, -0.2) is 8.42 Å². The van der Waals surface area contributed by atoms with Crippen LogP contribution in [0, 0.1) is 0 Å². The van der Waals surface area contributed by atoms with Gasteiger partial charge in [0.15, 0.2) is 11.5 Å². The third kappa shape index (κ3) is 4.01. The van der Waals surface area contributed by atoms with Gasteiger partial charge < -0.3 is 14.4 Å². The molecule has 7 nitrogen and oxygen atoms in total. The molecule has 0 spiro atoms. The predicted octanol–water partition coefficient (Wildman–Crippen LogP) is 1.99. The molecule has 3 heterocycles. The average Bonchev–Trinajstić information content (AvgIpc) is 3.10. The highest BCUT2D eigenvalue weighted by molar-refractivity contribution is 7.89. The molecule has 4 rings (SSSR count). The van der Waals surface area contributed by atoms with Gasteiger partial charge in [0, 0.05) is 43.5 Å². The zero-order chi connectivity index (χ0) is 19.6. The Kier molecular flexibility index (Phi) is 5.56. The van der Waals surface area contributed by atoms with Crippen LogP contribution in [0.3, 0.4) is 0 Å².